The first-order valence-electron chi connectivity index (χ1n) is 14.4. The molecule has 41 heavy (non-hydrogen) atoms. The number of hydrogen-bond donors (Lipinski definition) is 1. The zero-order chi connectivity index (χ0) is 29.8. The number of piperazine rings is 1. The summed E-state index contributed by atoms with van der Waals surface area (Å²) < 4.78 is 5.45. The zero-order valence-corrected chi connectivity index (χ0v) is 24.7. The highest BCUT2D eigenvalue weighted by Crippen LogP contribution is 2.48. The maximum Gasteiger partial charge on any atom is 0.408 e. The minimum absolute atomic E-state index is 0.0102. The summed E-state index contributed by atoms with van der Waals surface area (Å²) in [6.07, 6.45) is 1.49. The highest BCUT2D eigenvalue weighted by Gasteiger charge is 2.56. The molecule has 1 aromatic rings. The fourth-order valence-corrected chi connectivity index (χ4v) is 6.66. The molecule has 11 heteroatoms. The molecule has 1 aliphatic carbocycles. The second-order valence-electron chi connectivity index (χ2n) is 13.0. The summed E-state index contributed by atoms with van der Waals surface area (Å²) in [7, 11) is 3.42. The number of nitrogens with zero attached hydrogens (tertiary/aromatic N) is 5. The average molecular weight is 565 g/mol. The summed E-state index contributed by atoms with van der Waals surface area (Å²) in [5.41, 5.74) is 0.802. The second-order valence-corrected chi connectivity index (χ2v) is 13.0. The molecule has 2 bridgehead atoms. The molecular formula is C30H40N6O5. The van der Waals surface area contributed by atoms with Crippen molar-refractivity contribution in [3.63, 3.8) is 0 Å². The van der Waals surface area contributed by atoms with Crippen molar-refractivity contribution in [1.29, 1.82) is 5.26 Å². The molecule has 220 valence electrons. The van der Waals surface area contributed by atoms with Crippen molar-refractivity contribution in [2.75, 3.05) is 27.2 Å². The molecule has 5 rings (SSSR count). The van der Waals surface area contributed by atoms with Crippen LogP contribution in [0.2, 0.25) is 0 Å². The van der Waals surface area contributed by atoms with Gasteiger partial charge >= 0.3 is 6.09 Å². The highest BCUT2D eigenvalue weighted by atomic mass is 16.6. The summed E-state index contributed by atoms with van der Waals surface area (Å²) in [5.74, 6) is -0.0306. The van der Waals surface area contributed by atoms with Crippen molar-refractivity contribution in [3.05, 3.63) is 35.4 Å². The van der Waals surface area contributed by atoms with Gasteiger partial charge in [-0.2, -0.15) is 5.26 Å². The van der Waals surface area contributed by atoms with E-state index in [1.54, 1.807) is 51.9 Å². The molecule has 4 fully saturated rings. The number of ether oxygens (including phenoxy) is 1. The molecule has 0 radical (unpaired) electrons. The van der Waals surface area contributed by atoms with Gasteiger partial charge in [0.2, 0.25) is 11.8 Å². The van der Waals surface area contributed by atoms with Crippen molar-refractivity contribution in [1.82, 2.24) is 24.9 Å². The average Bonchev–Trinajstić information content (AvgIpc) is 3.23. The van der Waals surface area contributed by atoms with Gasteiger partial charge in [0.25, 0.3) is 5.91 Å². The Balaban J connectivity index is 1.28. The van der Waals surface area contributed by atoms with Crippen molar-refractivity contribution in [2.45, 2.75) is 88.8 Å². The molecular weight excluding hydrogens is 524 g/mol. The molecule has 1 aromatic carbocycles. The van der Waals surface area contributed by atoms with Crippen LogP contribution in [0.4, 0.5) is 4.79 Å². The Bertz CT molecular complexity index is 1270. The minimum Gasteiger partial charge on any atom is -0.444 e. The minimum atomic E-state index is -0.931. The topological polar surface area (TPSA) is 126 Å². The fourth-order valence-electron chi connectivity index (χ4n) is 6.66. The number of carbonyl (C=O) groups excluding carboxylic acids is 4. The maximum atomic E-state index is 13.8. The van der Waals surface area contributed by atoms with Gasteiger partial charge in [0.05, 0.1) is 18.2 Å². The smallest absolute Gasteiger partial charge is 0.408 e. The van der Waals surface area contributed by atoms with Crippen molar-refractivity contribution < 1.29 is 23.9 Å². The van der Waals surface area contributed by atoms with Crippen LogP contribution in [0.1, 0.15) is 68.9 Å². The van der Waals surface area contributed by atoms with E-state index in [-0.39, 0.29) is 42.4 Å². The predicted molar refractivity (Wildman–Crippen MR) is 149 cm³/mol. The molecule has 11 nitrogen and oxygen atoms in total. The Labute approximate surface area is 241 Å². The van der Waals surface area contributed by atoms with E-state index in [1.165, 1.54) is 4.90 Å². The normalized spacial score (nSPS) is 28.1. The molecule has 6 unspecified atom stereocenters. The van der Waals surface area contributed by atoms with Crippen LogP contribution in [0, 0.1) is 17.2 Å². The molecule has 4 amide bonds. The first-order chi connectivity index (χ1) is 19.3. The van der Waals surface area contributed by atoms with Gasteiger partial charge in [-0.05, 0) is 70.6 Å². The Morgan fingerprint density at radius 3 is 2.41 bits per heavy atom. The van der Waals surface area contributed by atoms with Crippen molar-refractivity contribution >= 4 is 23.8 Å². The van der Waals surface area contributed by atoms with Gasteiger partial charge in [-0.1, -0.05) is 12.1 Å². The Hall–Kier alpha value is -3.65. The SMILES string of the molecule is CC(c1ccc(C(=O)N(C)C)cc1)N1C(=O)C2C[C@H]1CN2CC(NC(=O)OC(C)(C)C)C(=O)N1C(C#N)CC2CC21. The number of likely N-dealkylation sites (tertiary alicyclic amines) is 3. The summed E-state index contributed by atoms with van der Waals surface area (Å²) in [6, 6.07) is 7.62. The molecule has 1 saturated carbocycles. The van der Waals surface area contributed by atoms with Gasteiger partial charge in [-0.15, -0.1) is 0 Å². The fraction of sp³-hybridized carbons (Fsp3) is 0.633. The largest absolute Gasteiger partial charge is 0.444 e. The van der Waals surface area contributed by atoms with Crippen LogP contribution in [0.15, 0.2) is 24.3 Å². The molecule has 0 aromatic heterocycles. The quantitative estimate of drug-likeness (QED) is 0.538. The van der Waals surface area contributed by atoms with E-state index in [9.17, 15) is 24.4 Å². The summed E-state index contributed by atoms with van der Waals surface area (Å²) in [6.45, 7) is 8.00. The second kappa shape index (κ2) is 10.6. The molecule has 4 aliphatic rings. The third-order valence-electron chi connectivity index (χ3n) is 8.69. The van der Waals surface area contributed by atoms with E-state index < -0.39 is 29.8 Å². The van der Waals surface area contributed by atoms with Crippen LogP contribution in [0.3, 0.4) is 0 Å². The van der Waals surface area contributed by atoms with E-state index in [4.69, 9.17) is 4.74 Å². The van der Waals surface area contributed by atoms with Crippen LogP contribution < -0.4 is 5.32 Å². The van der Waals surface area contributed by atoms with E-state index in [2.05, 4.69) is 11.4 Å². The lowest BCUT2D eigenvalue weighted by molar-refractivity contribution is -0.141. The Morgan fingerprint density at radius 1 is 1.15 bits per heavy atom. The molecule has 7 atom stereocenters. The third-order valence-corrected chi connectivity index (χ3v) is 8.69. The van der Waals surface area contributed by atoms with Crippen LogP contribution >= 0.6 is 0 Å². The number of nitrogens with one attached hydrogen (secondary N) is 1. The third kappa shape index (κ3) is 5.62. The van der Waals surface area contributed by atoms with E-state index in [1.807, 2.05) is 28.9 Å². The standard InChI is InChI=1S/C30H40N6O5/c1-17(18-7-9-19(10-8-18)26(37)33(5)6)35-22-13-25(28(35)39)34(15-22)16-23(32-29(40)41-30(2,3)4)27(38)36-21(14-31)11-20-12-24(20)36/h7-10,17,20-25H,11-13,15-16H2,1-6H3,(H,32,40)/t17?,20?,21?,22-,23?,24?,25?/m0/s1. The highest BCUT2D eigenvalue weighted by molar-refractivity contribution is 5.94. The van der Waals surface area contributed by atoms with Crippen LogP contribution in [0.5, 0.6) is 0 Å². The number of rotatable bonds is 7. The van der Waals surface area contributed by atoms with E-state index in [0.29, 0.717) is 30.9 Å². The number of alkyl carbamates (subject to hydrolysis) is 1. The number of nitriles is 1. The Kier molecular flexibility index (Phi) is 7.49. The van der Waals surface area contributed by atoms with Crippen LogP contribution in [0.25, 0.3) is 0 Å². The Morgan fingerprint density at radius 2 is 1.83 bits per heavy atom. The van der Waals surface area contributed by atoms with E-state index in [0.717, 1.165) is 12.0 Å². The van der Waals surface area contributed by atoms with Gasteiger partial charge in [0, 0.05) is 44.8 Å². The molecule has 3 saturated heterocycles. The summed E-state index contributed by atoms with van der Waals surface area (Å²) in [4.78, 5) is 59.4. The van der Waals surface area contributed by atoms with Gasteiger partial charge in [-0.3, -0.25) is 19.3 Å². The lowest BCUT2D eigenvalue weighted by Crippen LogP contribution is -2.59. The number of amides is 4. The van der Waals surface area contributed by atoms with Crippen molar-refractivity contribution in [3.8, 4) is 6.07 Å². The van der Waals surface area contributed by atoms with Gasteiger partial charge in [0.1, 0.15) is 17.7 Å². The van der Waals surface area contributed by atoms with E-state index >= 15 is 0 Å². The van der Waals surface area contributed by atoms with Crippen LogP contribution in [-0.4, -0.2) is 106 Å². The monoisotopic (exact) mass is 564 g/mol. The molecule has 0 spiro atoms. The lowest BCUT2D eigenvalue weighted by Gasteiger charge is -2.39. The van der Waals surface area contributed by atoms with Crippen LogP contribution in [-0.2, 0) is 14.3 Å². The molecule has 1 N–H and O–H groups in total. The summed E-state index contributed by atoms with van der Waals surface area (Å²) >= 11 is 0. The first-order valence-corrected chi connectivity index (χ1v) is 14.4. The zero-order valence-electron chi connectivity index (χ0n) is 24.7. The number of fused-ring (bicyclic) bond motifs is 3. The van der Waals surface area contributed by atoms with Gasteiger partial charge in [-0.25, -0.2) is 4.79 Å². The number of piperidine rings is 1. The maximum absolute atomic E-state index is 13.8. The number of benzene rings is 1. The summed E-state index contributed by atoms with van der Waals surface area (Å²) in [5, 5.41) is 12.4. The predicted octanol–water partition coefficient (Wildman–Crippen LogP) is 2.14. The van der Waals surface area contributed by atoms with Gasteiger partial charge < -0.3 is 24.8 Å². The first kappa shape index (κ1) is 28.9. The lowest BCUT2D eigenvalue weighted by atomic mass is 10.0. The number of hydrogen-bond acceptors (Lipinski definition) is 7. The van der Waals surface area contributed by atoms with Gasteiger partial charge in [0.15, 0.2) is 0 Å². The van der Waals surface area contributed by atoms with Crippen molar-refractivity contribution in [2.24, 2.45) is 5.92 Å². The molecule has 3 heterocycles. The number of carbonyl (C=O) groups is 4. The molecule has 3 aliphatic heterocycles.